The van der Waals surface area contributed by atoms with Crippen LogP contribution in [0.3, 0.4) is 0 Å². The van der Waals surface area contributed by atoms with Crippen molar-refractivity contribution in [3.63, 3.8) is 0 Å². The molecular formula is C19H17N5S. The highest BCUT2D eigenvalue weighted by molar-refractivity contribution is 7.16. The van der Waals surface area contributed by atoms with Crippen molar-refractivity contribution in [1.82, 2.24) is 15.0 Å². The van der Waals surface area contributed by atoms with Gasteiger partial charge in [0.15, 0.2) is 5.82 Å². The van der Waals surface area contributed by atoms with E-state index >= 15 is 0 Å². The molecule has 5 nitrogen and oxygen atoms in total. The molecule has 6 heteroatoms. The van der Waals surface area contributed by atoms with Gasteiger partial charge in [0.05, 0.1) is 5.51 Å². The maximum atomic E-state index is 6.05. The zero-order valence-corrected chi connectivity index (χ0v) is 14.3. The number of nitrogens with one attached hydrogen (secondary N) is 1. The lowest BCUT2D eigenvalue weighted by molar-refractivity contribution is 0.983. The van der Waals surface area contributed by atoms with E-state index in [1.165, 1.54) is 16.9 Å². The van der Waals surface area contributed by atoms with Gasteiger partial charge >= 0.3 is 0 Å². The minimum atomic E-state index is 0.598. The monoisotopic (exact) mass is 347 g/mol. The van der Waals surface area contributed by atoms with Crippen molar-refractivity contribution in [3.8, 4) is 0 Å². The Bertz CT molecular complexity index is 997. The summed E-state index contributed by atoms with van der Waals surface area (Å²) in [4.78, 5) is 14.6. The fraction of sp³-hybridized carbons (Fsp3) is 0.105. The molecular weight excluding hydrogens is 330 g/mol. The Morgan fingerprint density at radius 2 is 1.76 bits per heavy atom. The van der Waals surface area contributed by atoms with Crippen molar-refractivity contribution >= 4 is 33.2 Å². The number of thiazole rings is 1. The maximum Gasteiger partial charge on any atom is 0.157 e. The Kier molecular flexibility index (Phi) is 4.26. The van der Waals surface area contributed by atoms with Crippen molar-refractivity contribution in [2.75, 3.05) is 11.1 Å². The number of para-hydroxylation sites is 1. The standard InChI is InChI=1S/C19H17N5S/c20-15-9-5-4-8-14(15)10-16-23-18(17-19(24-16)25-12-22-17)21-11-13-6-2-1-3-7-13/h1-9,12H,10-11,20H2,(H,21,23,24). The molecule has 0 saturated carbocycles. The first-order valence-electron chi connectivity index (χ1n) is 8.01. The van der Waals surface area contributed by atoms with E-state index in [1.807, 2.05) is 42.5 Å². The highest BCUT2D eigenvalue weighted by atomic mass is 32.1. The van der Waals surface area contributed by atoms with E-state index in [2.05, 4.69) is 27.4 Å². The van der Waals surface area contributed by atoms with Crippen LogP contribution in [-0.4, -0.2) is 15.0 Å². The third-order valence-electron chi connectivity index (χ3n) is 3.95. The van der Waals surface area contributed by atoms with E-state index in [4.69, 9.17) is 10.7 Å². The first-order valence-corrected chi connectivity index (χ1v) is 8.89. The second kappa shape index (κ2) is 6.86. The number of hydrogen-bond donors (Lipinski definition) is 2. The molecule has 0 radical (unpaired) electrons. The predicted octanol–water partition coefficient (Wildman–Crippen LogP) is 3.87. The Labute approximate surface area is 149 Å². The van der Waals surface area contributed by atoms with Crippen LogP contribution in [0.2, 0.25) is 0 Å². The first-order chi connectivity index (χ1) is 12.3. The average molecular weight is 347 g/mol. The van der Waals surface area contributed by atoms with Crippen molar-refractivity contribution < 1.29 is 0 Å². The van der Waals surface area contributed by atoms with Gasteiger partial charge in [0.25, 0.3) is 0 Å². The maximum absolute atomic E-state index is 6.05. The van der Waals surface area contributed by atoms with Crippen LogP contribution in [0.15, 0.2) is 60.1 Å². The van der Waals surface area contributed by atoms with E-state index in [-0.39, 0.29) is 0 Å². The number of nitrogens with zero attached hydrogens (tertiary/aromatic N) is 3. The summed E-state index contributed by atoms with van der Waals surface area (Å²) < 4.78 is 0. The molecule has 0 atom stereocenters. The van der Waals surface area contributed by atoms with Crippen molar-refractivity contribution in [1.29, 1.82) is 0 Å². The van der Waals surface area contributed by atoms with Gasteiger partial charge in [-0.05, 0) is 17.2 Å². The number of fused-ring (bicyclic) bond motifs is 1. The predicted molar refractivity (Wildman–Crippen MR) is 103 cm³/mol. The molecule has 2 heterocycles. The molecule has 0 fully saturated rings. The van der Waals surface area contributed by atoms with Crippen LogP contribution in [0.1, 0.15) is 17.0 Å². The van der Waals surface area contributed by atoms with Gasteiger partial charge in [-0.25, -0.2) is 15.0 Å². The van der Waals surface area contributed by atoms with Crippen LogP contribution < -0.4 is 11.1 Å². The summed E-state index contributed by atoms with van der Waals surface area (Å²) in [5.74, 6) is 1.50. The molecule has 25 heavy (non-hydrogen) atoms. The number of rotatable bonds is 5. The topological polar surface area (TPSA) is 76.7 Å². The van der Waals surface area contributed by atoms with Crippen molar-refractivity contribution in [3.05, 3.63) is 77.1 Å². The van der Waals surface area contributed by atoms with Crippen LogP contribution in [-0.2, 0) is 13.0 Å². The van der Waals surface area contributed by atoms with Crippen LogP contribution in [0.5, 0.6) is 0 Å². The largest absolute Gasteiger partial charge is 0.398 e. The number of hydrogen-bond acceptors (Lipinski definition) is 6. The van der Waals surface area contributed by atoms with Gasteiger partial charge in [0, 0.05) is 18.7 Å². The minimum absolute atomic E-state index is 0.598. The van der Waals surface area contributed by atoms with Crippen LogP contribution in [0.4, 0.5) is 11.5 Å². The molecule has 0 aliphatic rings. The minimum Gasteiger partial charge on any atom is -0.398 e. The Morgan fingerprint density at radius 3 is 2.60 bits per heavy atom. The van der Waals surface area contributed by atoms with Gasteiger partial charge in [0.2, 0.25) is 0 Å². The molecule has 0 saturated heterocycles. The quantitative estimate of drug-likeness (QED) is 0.536. The van der Waals surface area contributed by atoms with Crippen LogP contribution in [0.25, 0.3) is 10.3 Å². The third kappa shape index (κ3) is 3.44. The zero-order valence-electron chi connectivity index (χ0n) is 13.5. The number of benzene rings is 2. The van der Waals surface area contributed by atoms with E-state index in [0.717, 1.165) is 33.2 Å². The summed E-state index contributed by atoms with van der Waals surface area (Å²) in [5, 5.41) is 3.39. The van der Waals surface area contributed by atoms with Gasteiger partial charge in [-0.15, -0.1) is 11.3 Å². The first kappa shape index (κ1) is 15.5. The summed E-state index contributed by atoms with van der Waals surface area (Å²) in [6, 6.07) is 18.0. The van der Waals surface area contributed by atoms with Gasteiger partial charge < -0.3 is 11.1 Å². The fourth-order valence-electron chi connectivity index (χ4n) is 2.66. The van der Waals surface area contributed by atoms with E-state index in [0.29, 0.717) is 13.0 Å². The molecule has 2 aromatic carbocycles. The van der Waals surface area contributed by atoms with E-state index in [9.17, 15) is 0 Å². The van der Waals surface area contributed by atoms with E-state index in [1.54, 1.807) is 5.51 Å². The molecule has 0 aliphatic carbocycles. The summed E-state index contributed by atoms with van der Waals surface area (Å²) in [7, 11) is 0. The molecule has 2 aromatic heterocycles. The number of aromatic nitrogens is 3. The number of anilines is 2. The molecule has 3 N–H and O–H groups in total. The van der Waals surface area contributed by atoms with Gasteiger partial charge in [0.1, 0.15) is 16.2 Å². The second-order valence-corrected chi connectivity index (χ2v) is 6.54. The average Bonchev–Trinajstić information content (AvgIpc) is 3.11. The molecule has 0 aliphatic heterocycles. The van der Waals surface area contributed by atoms with Gasteiger partial charge in [-0.3, -0.25) is 0 Å². The molecule has 0 bridgehead atoms. The summed E-state index contributed by atoms with van der Waals surface area (Å²) in [5.41, 5.74) is 11.6. The molecule has 0 spiro atoms. The smallest absolute Gasteiger partial charge is 0.157 e. The number of nitrogens with two attached hydrogens (primary N) is 1. The second-order valence-electron chi connectivity index (χ2n) is 5.71. The number of nitrogen functional groups attached to an aromatic ring is 1. The van der Waals surface area contributed by atoms with Crippen molar-refractivity contribution in [2.24, 2.45) is 0 Å². The summed E-state index contributed by atoms with van der Waals surface area (Å²) in [6.07, 6.45) is 0.598. The lowest BCUT2D eigenvalue weighted by Gasteiger charge is -2.09. The summed E-state index contributed by atoms with van der Waals surface area (Å²) >= 11 is 1.52. The molecule has 4 aromatic rings. The van der Waals surface area contributed by atoms with Gasteiger partial charge in [-0.2, -0.15) is 0 Å². The van der Waals surface area contributed by atoms with E-state index < -0.39 is 0 Å². The normalized spacial score (nSPS) is 10.9. The molecule has 0 unspecified atom stereocenters. The van der Waals surface area contributed by atoms with Crippen LogP contribution >= 0.6 is 11.3 Å². The SMILES string of the molecule is Nc1ccccc1Cc1nc(NCc2ccccc2)c2ncsc2n1. The van der Waals surface area contributed by atoms with Crippen molar-refractivity contribution in [2.45, 2.75) is 13.0 Å². The lowest BCUT2D eigenvalue weighted by atomic mass is 10.1. The van der Waals surface area contributed by atoms with Gasteiger partial charge in [-0.1, -0.05) is 48.5 Å². The molecule has 124 valence electrons. The summed E-state index contributed by atoms with van der Waals surface area (Å²) in [6.45, 7) is 0.692. The van der Waals surface area contributed by atoms with Crippen LogP contribution in [0, 0.1) is 0 Å². The highest BCUT2D eigenvalue weighted by Gasteiger charge is 2.11. The third-order valence-corrected chi connectivity index (χ3v) is 4.67. The lowest BCUT2D eigenvalue weighted by Crippen LogP contribution is -2.06. The zero-order chi connectivity index (χ0) is 17.1. The Hall–Kier alpha value is -2.99. The molecule has 0 amide bonds. The Balaban J connectivity index is 1.64. The molecule has 4 rings (SSSR count). The highest BCUT2D eigenvalue weighted by Crippen LogP contribution is 2.24. The Morgan fingerprint density at radius 1 is 0.960 bits per heavy atom. The fourth-order valence-corrected chi connectivity index (χ4v) is 3.33.